The standard InChI is InChI=1S/C28H21N3O4/c1-14(32)35-16-12-10-15(11-13-16)31-20-9-5-3-7-18(20)22-24-23(27(33)30-28(24)34)21-17-6-2-4-8-19(17)29-25(21)26(22)31/h2-10,12,15-16,29H,11,13H2,1H3,(H,30,33,34)/t15?,16-/m0/s1. The Labute approximate surface area is 199 Å². The molecule has 172 valence electrons. The highest BCUT2D eigenvalue weighted by molar-refractivity contribution is 6.39. The molecule has 3 heterocycles. The fourth-order valence-electron chi connectivity index (χ4n) is 5.92. The van der Waals surface area contributed by atoms with Crippen LogP contribution in [0, 0.1) is 0 Å². The molecule has 2 aliphatic rings. The molecular formula is C28H21N3O4. The summed E-state index contributed by atoms with van der Waals surface area (Å²) < 4.78 is 7.66. The van der Waals surface area contributed by atoms with Gasteiger partial charge in [0.2, 0.25) is 0 Å². The minimum Gasteiger partial charge on any atom is -0.458 e. The van der Waals surface area contributed by atoms with Gasteiger partial charge in [0.25, 0.3) is 11.8 Å². The third-order valence-electron chi connectivity index (χ3n) is 7.23. The van der Waals surface area contributed by atoms with Crippen LogP contribution in [0.25, 0.3) is 43.6 Å². The molecule has 5 aromatic rings. The molecule has 0 fully saturated rings. The van der Waals surface area contributed by atoms with E-state index in [4.69, 9.17) is 4.74 Å². The number of esters is 1. The van der Waals surface area contributed by atoms with E-state index in [0.29, 0.717) is 17.5 Å². The first-order valence-electron chi connectivity index (χ1n) is 11.7. The van der Waals surface area contributed by atoms with Crippen molar-refractivity contribution in [2.75, 3.05) is 0 Å². The Morgan fingerprint density at radius 2 is 1.63 bits per heavy atom. The Bertz CT molecular complexity index is 1790. The van der Waals surface area contributed by atoms with E-state index in [1.807, 2.05) is 48.5 Å². The predicted molar refractivity (Wildman–Crippen MR) is 134 cm³/mol. The average molecular weight is 463 g/mol. The van der Waals surface area contributed by atoms with Crippen LogP contribution in [0.5, 0.6) is 0 Å². The summed E-state index contributed by atoms with van der Waals surface area (Å²) in [5.74, 6) is -1.01. The highest BCUT2D eigenvalue weighted by Gasteiger charge is 2.36. The largest absolute Gasteiger partial charge is 0.458 e. The number of fused-ring (bicyclic) bond motifs is 10. The number of imide groups is 1. The average Bonchev–Trinajstić information content (AvgIpc) is 3.48. The van der Waals surface area contributed by atoms with Gasteiger partial charge in [0.1, 0.15) is 6.10 Å². The van der Waals surface area contributed by atoms with Gasteiger partial charge in [-0.2, -0.15) is 0 Å². The highest BCUT2D eigenvalue weighted by Crippen LogP contribution is 2.45. The third-order valence-corrected chi connectivity index (χ3v) is 7.23. The summed E-state index contributed by atoms with van der Waals surface area (Å²) in [6.45, 7) is 1.42. The fourth-order valence-corrected chi connectivity index (χ4v) is 5.92. The van der Waals surface area contributed by atoms with Gasteiger partial charge in [-0.25, -0.2) is 0 Å². The summed E-state index contributed by atoms with van der Waals surface area (Å²) in [7, 11) is 0. The molecule has 3 aromatic carbocycles. The van der Waals surface area contributed by atoms with Crippen molar-refractivity contribution < 1.29 is 19.1 Å². The van der Waals surface area contributed by atoms with Crippen LogP contribution in [0.4, 0.5) is 0 Å². The lowest BCUT2D eigenvalue weighted by molar-refractivity contribution is -0.144. The minimum absolute atomic E-state index is 0.00274. The monoisotopic (exact) mass is 463 g/mol. The molecular weight excluding hydrogens is 442 g/mol. The zero-order chi connectivity index (χ0) is 23.8. The first kappa shape index (κ1) is 20.0. The van der Waals surface area contributed by atoms with Gasteiger partial charge in [0.15, 0.2) is 0 Å². The second-order valence-corrected chi connectivity index (χ2v) is 9.24. The first-order valence-corrected chi connectivity index (χ1v) is 11.7. The number of aromatic nitrogens is 2. The van der Waals surface area contributed by atoms with Crippen LogP contribution < -0.4 is 5.32 Å². The van der Waals surface area contributed by atoms with Crippen LogP contribution in [0.1, 0.15) is 46.5 Å². The molecule has 7 rings (SSSR count). The van der Waals surface area contributed by atoms with Crippen LogP contribution >= 0.6 is 0 Å². The maximum Gasteiger partial charge on any atom is 0.303 e. The lowest BCUT2D eigenvalue weighted by Gasteiger charge is -2.25. The topological polar surface area (TPSA) is 93.2 Å². The third kappa shape index (κ3) is 2.69. The quantitative estimate of drug-likeness (QED) is 0.215. The molecule has 0 spiro atoms. The second kappa shape index (κ2) is 7.06. The fraction of sp³-hybridized carbons (Fsp3) is 0.179. The normalized spacial score (nSPS) is 19.7. The van der Waals surface area contributed by atoms with Crippen LogP contribution in [0.15, 0.2) is 60.7 Å². The van der Waals surface area contributed by atoms with Gasteiger partial charge in [0, 0.05) is 39.5 Å². The number of carbonyl (C=O) groups excluding carboxylic acids is 3. The molecule has 35 heavy (non-hydrogen) atoms. The number of rotatable bonds is 2. The van der Waals surface area contributed by atoms with Crippen molar-refractivity contribution in [1.29, 1.82) is 0 Å². The Hall–Kier alpha value is -4.39. The summed E-state index contributed by atoms with van der Waals surface area (Å²) in [6, 6.07) is 15.9. The molecule has 0 radical (unpaired) electrons. The lowest BCUT2D eigenvalue weighted by atomic mass is 9.96. The second-order valence-electron chi connectivity index (χ2n) is 9.24. The van der Waals surface area contributed by atoms with Gasteiger partial charge >= 0.3 is 5.97 Å². The smallest absolute Gasteiger partial charge is 0.303 e. The number of H-pyrrole nitrogens is 1. The zero-order valence-electron chi connectivity index (χ0n) is 18.9. The van der Waals surface area contributed by atoms with Gasteiger partial charge in [-0.05, 0) is 31.1 Å². The van der Waals surface area contributed by atoms with Crippen LogP contribution in [-0.2, 0) is 9.53 Å². The minimum atomic E-state index is -0.362. The maximum absolute atomic E-state index is 13.2. The van der Waals surface area contributed by atoms with Crippen LogP contribution in [-0.4, -0.2) is 33.4 Å². The molecule has 1 aliphatic heterocycles. The van der Waals surface area contributed by atoms with Crippen molar-refractivity contribution in [3.05, 3.63) is 71.8 Å². The molecule has 1 unspecified atom stereocenters. The lowest BCUT2D eigenvalue weighted by Crippen LogP contribution is -2.20. The Morgan fingerprint density at radius 1 is 0.914 bits per heavy atom. The van der Waals surface area contributed by atoms with Crippen LogP contribution in [0.2, 0.25) is 0 Å². The van der Waals surface area contributed by atoms with E-state index in [0.717, 1.165) is 50.0 Å². The Morgan fingerprint density at radius 3 is 2.37 bits per heavy atom. The van der Waals surface area contributed by atoms with Crippen molar-refractivity contribution in [1.82, 2.24) is 14.9 Å². The number of carbonyl (C=O) groups is 3. The maximum atomic E-state index is 13.2. The molecule has 0 saturated carbocycles. The number of nitrogens with zero attached hydrogens (tertiary/aromatic N) is 1. The first-order chi connectivity index (χ1) is 17.0. The van der Waals surface area contributed by atoms with Crippen molar-refractivity contribution in [2.24, 2.45) is 0 Å². The van der Waals surface area contributed by atoms with Crippen molar-refractivity contribution in [2.45, 2.75) is 31.9 Å². The van der Waals surface area contributed by atoms with Crippen LogP contribution in [0.3, 0.4) is 0 Å². The van der Waals surface area contributed by atoms with E-state index >= 15 is 0 Å². The van der Waals surface area contributed by atoms with E-state index in [9.17, 15) is 14.4 Å². The van der Waals surface area contributed by atoms with Gasteiger partial charge < -0.3 is 14.3 Å². The zero-order valence-corrected chi connectivity index (χ0v) is 18.9. The summed E-state index contributed by atoms with van der Waals surface area (Å²) in [6.07, 6.45) is 5.26. The summed E-state index contributed by atoms with van der Waals surface area (Å²) in [5.41, 5.74) is 4.53. The molecule has 2 N–H and O–H groups in total. The summed E-state index contributed by atoms with van der Waals surface area (Å²) in [5, 5.41) is 5.94. The van der Waals surface area contributed by atoms with E-state index in [2.05, 4.69) is 27.0 Å². The van der Waals surface area contributed by atoms with Gasteiger partial charge in [-0.3, -0.25) is 19.7 Å². The number of benzene rings is 3. The molecule has 7 heteroatoms. The SMILES string of the molecule is CC(=O)O[C@H]1C=CC(n2c3ccccc3c3c4c(c5c6ccccc6[nH]c5c32)C(=O)NC4=O)CC1. The number of para-hydroxylation sites is 2. The van der Waals surface area contributed by atoms with E-state index < -0.39 is 0 Å². The Balaban J connectivity index is 1.64. The predicted octanol–water partition coefficient (Wildman–Crippen LogP) is 5.14. The van der Waals surface area contributed by atoms with E-state index in [1.54, 1.807) is 0 Å². The van der Waals surface area contributed by atoms with Crippen molar-refractivity contribution >= 4 is 61.4 Å². The van der Waals surface area contributed by atoms with E-state index in [-0.39, 0.29) is 29.9 Å². The van der Waals surface area contributed by atoms with Crippen molar-refractivity contribution in [3.63, 3.8) is 0 Å². The number of allylic oxidation sites excluding steroid dienone is 1. The van der Waals surface area contributed by atoms with E-state index in [1.165, 1.54) is 6.92 Å². The van der Waals surface area contributed by atoms with Gasteiger partial charge in [-0.15, -0.1) is 0 Å². The van der Waals surface area contributed by atoms with Gasteiger partial charge in [-0.1, -0.05) is 42.5 Å². The molecule has 0 saturated heterocycles. The van der Waals surface area contributed by atoms with Gasteiger partial charge in [0.05, 0.1) is 28.2 Å². The van der Waals surface area contributed by atoms with Crippen molar-refractivity contribution in [3.8, 4) is 0 Å². The molecule has 2 atom stereocenters. The summed E-state index contributed by atoms with van der Waals surface area (Å²) in [4.78, 5) is 41.2. The Kier molecular flexibility index (Phi) is 4.04. The number of aromatic amines is 1. The number of hydrogen-bond donors (Lipinski definition) is 2. The summed E-state index contributed by atoms with van der Waals surface area (Å²) >= 11 is 0. The number of hydrogen-bond acceptors (Lipinski definition) is 4. The molecule has 2 aromatic heterocycles. The number of nitrogens with one attached hydrogen (secondary N) is 2. The molecule has 7 nitrogen and oxygen atoms in total. The highest BCUT2D eigenvalue weighted by atomic mass is 16.5. The number of ether oxygens (including phenoxy) is 1. The number of amides is 2. The molecule has 2 amide bonds. The molecule has 1 aliphatic carbocycles. The molecule has 0 bridgehead atoms.